The zero-order valence-corrected chi connectivity index (χ0v) is 16.1. The smallest absolute Gasteiger partial charge is 0.142 e. The van der Waals surface area contributed by atoms with Gasteiger partial charge in [0.2, 0.25) is 0 Å². The zero-order chi connectivity index (χ0) is 16.6. The van der Waals surface area contributed by atoms with Gasteiger partial charge in [-0.15, -0.1) is 0 Å². The van der Waals surface area contributed by atoms with E-state index in [-0.39, 0.29) is 5.41 Å². The van der Waals surface area contributed by atoms with Crippen LogP contribution < -0.4 is 0 Å². The molecule has 0 radical (unpaired) electrons. The van der Waals surface area contributed by atoms with Crippen molar-refractivity contribution in [1.82, 2.24) is 5.16 Å². The summed E-state index contributed by atoms with van der Waals surface area (Å²) in [5, 5.41) is 4.10. The topological polar surface area (TPSA) is 26.0 Å². The first-order valence-electron chi connectivity index (χ1n) is 8.40. The Morgan fingerprint density at radius 2 is 1.82 bits per heavy atom. The minimum absolute atomic E-state index is 0.0316. The number of aromatic nitrogens is 1. The molecule has 0 atom stereocenters. The summed E-state index contributed by atoms with van der Waals surface area (Å²) in [6.07, 6.45) is 9.32. The van der Waals surface area contributed by atoms with Crippen LogP contribution in [0.25, 0.3) is 6.08 Å². The van der Waals surface area contributed by atoms with E-state index in [0.29, 0.717) is 5.41 Å². The summed E-state index contributed by atoms with van der Waals surface area (Å²) in [6, 6.07) is 2.04. The Balaban J connectivity index is 2.11. The Bertz CT molecular complexity index is 449. The molecule has 126 valence electrons. The van der Waals surface area contributed by atoms with Gasteiger partial charge in [0.25, 0.3) is 0 Å². The third-order valence-corrected chi connectivity index (χ3v) is 4.90. The molecule has 1 rings (SSSR count). The van der Waals surface area contributed by atoms with E-state index in [2.05, 4.69) is 70.6 Å². The number of hydrogen-bond donors (Lipinski definition) is 0. The van der Waals surface area contributed by atoms with E-state index in [1.807, 2.05) is 6.07 Å². The van der Waals surface area contributed by atoms with Gasteiger partial charge in [-0.1, -0.05) is 59.2 Å². The van der Waals surface area contributed by atoms with Crippen LogP contribution >= 0.6 is 11.8 Å². The van der Waals surface area contributed by atoms with Crippen LogP contribution in [-0.4, -0.2) is 16.7 Å². The molecule has 0 amide bonds. The molecular formula is C19H33NOS. The van der Waals surface area contributed by atoms with Gasteiger partial charge in [0.05, 0.1) is 0 Å². The molecule has 0 fully saturated rings. The van der Waals surface area contributed by atoms with Crippen LogP contribution in [0.1, 0.15) is 78.7 Å². The lowest BCUT2D eigenvalue weighted by molar-refractivity contribution is 0.328. The van der Waals surface area contributed by atoms with Gasteiger partial charge >= 0.3 is 0 Å². The van der Waals surface area contributed by atoms with Crippen molar-refractivity contribution in [2.45, 2.75) is 72.6 Å². The van der Waals surface area contributed by atoms with Crippen molar-refractivity contribution in [1.29, 1.82) is 0 Å². The highest BCUT2D eigenvalue weighted by molar-refractivity contribution is 7.99. The van der Waals surface area contributed by atoms with Crippen LogP contribution in [-0.2, 0) is 5.41 Å². The van der Waals surface area contributed by atoms with Crippen LogP contribution in [0.5, 0.6) is 0 Å². The fourth-order valence-electron chi connectivity index (χ4n) is 1.95. The highest BCUT2D eigenvalue weighted by Crippen LogP contribution is 2.23. The second-order valence-corrected chi connectivity index (χ2v) is 9.34. The molecule has 22 heavy (non-hydrogen) atoms. The van der Waals surface area contributed by atoms with Crippen LogP contribution in [0.2, 0.25) is 0 Å². The molecule has 0 saturated heterocycles. The predicted octanol–water partition coefficient (Wildman–Crippen LogP) is 6.33. The maximum atomic E-state index is 5.37. The highest BCUT2D eigenvalue weighted by atomic mass is 32.2. The average molecular weight is 324 g/mol. The molecule has 1 heterocycles. The first-order chi connectivity index (χ1) is 10.2. The molecule has 2 nitrogen and oxygen atoms in total. The summed E-state index contributed by atoms with van der Waals surface area (Å²) < 4.78 is 5.37. The van der Waals surface area contributed by atoms with Gasteiger partial charge in [0, 0.05) is 11.5 Å². The molecule has 0 aliphatic rings. The quantitative estimate of drug-likeness (QED) is 0.523. The van der Waals surface area contributed by atoms with Crippen molar-refractivity contribution in [3.8, 4) is 0 Å². The largest absolute Gasteiger partial charge is 0.360 e. The summed E-state index contributed by atoms with van der Waals surface area (Å²) in [5.74, 6) is 3.50. The number of allylic oxidation sites excluding steroid dienone is 1. The maximum absolute atomic E-state index is 5.37. The van der Waals surface area contributed by atoms with E-state index in [1.54, 1.807) is 0 Å². The molecule has 0 bridgehead atoms. The van der Waals surface area contributed by atoms with E-state index in [9.17, 15) is 0 Å². The molecule has 3 heteroatoms. The van der Waals surface area contributed by atoms with Gasteiger partial charge in [0.15, 0.2) is 0 Å². The third-order valence-electron chi connectivity index (χ3n) is 3.25. The SMILES string of the molecule is CC(C)(C)CSCCCCC/C=C/c1cc(C(C)(C)C)on1. The molecule has 0 aliphatic heterocycles. The fraction of sp³-hybridized carbons (Fsp3) is 0.737. The average Bonchev–Trinajstić information content (AvgIpc) is 2.84. The second-order valence-electron chi connectivity index (χ2n) is 8.23. The molecule has 0 aromatic carbocycles. The van der Waals surface area contributed by atoms with Gasteiger partial charge in [-0.25, -0.2) is 0 Å². The minimum Gasteiger partial charge on any atom is -0.360 e. The van der Waals surface area contributed by atoms with Gasteiger partial charge in [-0.05, 0) is 42.3 Å². The molecule has 1 aromatic rings. The molecule has 0 N–H and O–H groups in total. The lowest BCUT2D eigenvalue weighted by atomic mass is 9.93. The van der Waals surface area contributed by atoms with Crippen molar-refractivity contribution >= 4 is 17.8 Å². The van der Waals surface area contributed by atoms with Crippen molar-refractivity contribution in [2.24, 2.45) is 5.41 Å². The molecule has 1 aromatic heterocycles. The summed E-state index contributed by atoms with van der Waals surface area (Å²) in [5.41, 5.74) is 1.42. The number of thioether (sulfide) groups is 1. The highest BCUT2D eigenvalue weighted by Gasteiger charge is 2.18. The third kappa shape index (κ3) is 8.67. The molecule has 0 spiro atoms. The van der Waals surface area contributed by atoms with Crippen LogP contribution in [0, 0.1) is 5.41 Å². The van der Waals surface area contributed by atoms with Crippen LogP contribution in [0.4, 0.5) is 0 Å². The second kappa shape index (κ2) is 8.81. The summed E-state index contributed by atoms with van der Waals surface area (Å²) in [7, 11) is 0. The number of rotatable bonds is 8. The van der Waals surface area contributed by atoms with Gasteiger partial charge in [0.1, 0.15) is 11.5 Å². The number of unbranched alkanes of at least 4 members (excludes halogenated alkanes) is 3. The fourth-order valence-corrected chi connectivity index (χ4v) is 3.11. The Morgan fingerprint density at radius 1 is 1.09 bits per heavy atom. The van der Waals surface area contributed by atoms with Crippen LogP contribution in [0.3, 0.4) is 0 Å². The van der Waals surface area contributed by atoms with Crippen molar-refractivity contribution in [3.63, 3.8) is 0 Å². The van der Waals surface area contributed by atoms with E-state index >= 15 is 0 Å². The van der Waals surface area contributed by atoms with Crippen molar-refractivity contribution in [2.75, 3.05) is 11.5 Å². The normalized spacial score (nSPS) is 13.2. The zero-order valence-electron chi connectivity index (χ0n) is 15.2. The Hall–Kier alpha value is -0.700. The van der Waals surface area contributed by atoms with Crippen molar-refractivity contribution < 1.29 is 4.52 Å². The Labute approximate surface area is 141 Å². The van der Waals surface area contributed by atoms with E-state index < -0.39 is 0 Å². The standard InChI is InChI=1S/C19H33NOS/c1-18(2,3)15-22-13-11-9-7-8-10-12-16-14-17(21-20-16)19(4,5)6/h10,12,14H,7-9,11,13,15H2,1-6H3/b12-10+. The maximum Gasteiger partial charge on any atom is 0.142 e. The summed E-state index contributed by atoms with van der Waals surface area (Å²) in [4.78, 5) is 0. The van der Waals surface area contributed by atoms with E-state index in [1.165, 1.54) is 30.8 Å². The molecular weight excluding hydrogens is 290 g/mol. The number of nitrogens with zero attached hydrogens (tertiary/aromatic N) is 1. The lowest BCUT2D eigenvalue weighted by Gasteiger charge is -2.16. The molecule has 0 saturated carbocycles. The first-order valence-corrected chi connectivity index (χ1v) is 9.55. The monoisotopic (exact) mass is 323 g/mol. The van der Waals surface area contributed by atoms with Gasteiger partial charge < -0.3 is 4.52 Å². The Morgan fingerprint density at radius 3 is 2.41 bits per heavy atom. The minimum atomic E-state index is 0.0316. The first kappa shape index (κ1) is 19.3. The van der Waals surface area contributed by atoms with Crippen molar-refractivity contribution in [3.05, 3.63) is 23.6 Å². The van der Waals surface area contributed by atoms with E-state index in [0.717, 1.165) is 17.9 Å². The van der Waals surface area contributed by atoms with E-state index in [4.69, 9.17) is 4.52 Å². The summed E-state index contributed by atoms with van der Waals surface area (Å²) >= 11 is 2.09. The molecule has 0 aliphatic carbocycles. The lowest BCUT2D eigenvalue weighted by Crippen LogP contribution is -2.09. The van der Waals surface area contributed by atoms with Crippen LogP contribution in [0.15, 0.2) is 16.7 Å². The van der Waals surface area contributed by atoms with Gasteiger partial charge in [-0.3, -0.25) is 0 Å². The summed E-state index contributed by atoms with van der Waals surface area (Å²) in [6.45, 7) is 13.3. The predicted molar refractivity (Wildman–Crippen MR) is 99.5 cm³/mol. The molecule has 0 unspecified atom stereocenters. The number of hydrogen-bond acceptors (Lipinski definition) is 3. The Kier molecular flexibility index (Phi) is 7.75. The van der Waals surface area contributed by atoms with Gasteiger partial charge in [-0.2, -0.15) is 11.8 Å².